The maximum absolute atomic E-state index is 2.20. The van der Waals surface area contributed by atoms with Crippen molar-refractivity contribution in [2.24, 2.45) is 0 Å². The fourth-order valence-corrected chi connectivity index (χ4v) is 1.29. The second-order valence-electron chi connectivity index (χ2n) is 3.82. The molecule has 0 N–H and O–H groups in total. The predicted molar refractivity (Wildman–Crippen MR) is 67.3 cm³/mol. The zero-order valence-corrected chi connectivity index (χ0v) is 11.2. The number of hydrogen-bond donors (Lipinski definition) is 0. The van der Waals surface area contributed by atoms with E-state index in [-0.39, 0.29) is 17.1 Å². The molecule has 0 heterocycles. The summed E-state index contributed by atoms with van der Waals surface area (Å²) < 4.78 is 0. The molecule has 86 valence electrons. The molecule has 1 unspecified atom stereocenters. The molecule has 0 saturated heterocycles. The van der Waals surface area contributed by atoms with Gasteiger partial charge in [-0.1, -0.05) is 42.5 Å². The molecule has 0 aromatic heterocycles. The van der Waals surface area contributed by atoms with Gasteiger partial charge in [0.2, 0.25) is 0 Å². The van der Waals surface area contributed by atoms with Gasteiger partial charge in [0.15, 0.2) is 0 Å². The van der Waals surface area contributed by atoms with E-state index >= 15 is 0 Å². The van der Waals surface area contributed by atoms with Crippen LogP contribution in [0.15, 0.2) is 48.1 Å². The predicted octanol–water partition coefficient (Wildman–Crippen LogP) is 2.95. The van der Waals surface area contributed by atoms with Gasteiger partial charge in [-0.05, 0) is 26.6 Å². The molecule has 0 fully saturated rings. The van der Waals surface area contributed by atoms with E-state index in [1.165, 1.54) is 5.57 Å². The summed E-state index contributed by atoms with van der Waals surface area (Å²) in [5.41, 5.74) is 1.39. The molecular formula is C14H19FeN+2. The van der Waals surface area contributed by atoms with Gasteiger partial charge in [0, 0.05) is 18.9 Å². The van der Waals surface area contributed by atoms with Gasteiger partial charge in [-0.25, -0.2) is 0 Å². The van der Waals surface area contributed by atoms with E-state index < -0.39 is 0 Å². The Morgan fingerprint density at radius 3 is 1.88 bits per heavy atom. The Hall–Kier alpha value is -0.561. The molecule has 2 rings (SSSR count). The Bertz CT molecular complexity index is 288. The van der Waals surface area contributed by atoms with Crippen LogP contribution in [0.4, 0.5) is 0 Å². The first kappa shape index (κ1) is 15.4. The Morgan fingerprint density at radius 1 is 0.938 bits per heavy atom. The standard InChI is InChI=1S/C9H14N.C5H5.Fe/c1-8(10(2)3)9-6-4-5-7-9;1-2-4-5-3-1;/h4-8H,1-3H3;1-5H;/q;;+2. The summed E-state index contributed by atoms with van der Waals surface area (Å²) >= 11 is 0. The number of rotatable bonds is 2. The van der Waals surface area contributed by atoms with Crippen molar-refractivity contribution in [2.45, 2.75) is 13.0 Å². The fourth-order valence-electron chi connectivity index (χ4n) is 1.29. The summed E-state index contributed by atoms with van der Waals surface area (Å²) in [6.45, 7) is 2.20. The zero-order chi connectivity index (χ0) is 11.1. The van der Waals surface area contributed by atoms with Gasteiger partial charge < -0.3 is 4.90 Å². The van der Waals surface area contributed by atoms with Gasteiger partial charge in [0.1, 0.15) is 0 Å². The van der Waals surface area contributed by atoms with Crippen molar-refractivity contribution < 1.29 is 17.1 Å². The van der Waals surface area contributed by atoms with Crippen LogP contribution >= 0.6 is 0 Å². The third kappa shape index (κ3) is 5.50. The molecule has 0 saturated carbocycles. The number of nitrogens with zero attached hydrogens (tertiary/aromatic N) is 1. The molecule has 0 spiro atoms. The molecule has 1 nitrogen and oxygen atoms in total. The number of hydrogen-bond acceptors (Lipinski definition) is 1. The van der Waals surface area contributed by atoms with E-state index in [9.17, 15) is 0 Å². The second kappa shape index (κ2) is 8.58. The quantitative estimate of drug-likeness (QED) is 0.687. The summed E-state index contributed by atoms with van der Waals surface area (Å²) in [6, 6.07) is 0.537. The second-order valence-corrected chi connectivity index (χ2v) is 3.82. The molecule has 2 heteroatoms. The van der Waals surface area contributed by atoms with E-state index in [0.29, 0.717) is 6.04 Å². The topological polar surface area (TPSA) is 3.24 Å². The van der Waals surface area contributed by atoms with Gasteiger partial charge in [0.25, 0.3) is 0 Å². The summed E-state index contributed by atoms with van der Waals surface area (Å²) in [7, 11) is 4.19. The van der Waals surface area contributed by atoms with Crippen LogP contribution in [0.5, 0.6) is 0 Å². The van der Waals surface area contributed by atoms with Crippen LogP contribution in [0, 0.1) is 12.8 Å². The van der Waals surface area contributed by atoms with E-state index in [4.69, 9.17) is 0 Å². The first-order valence-electron chi connectivity index (χ1n) is 5.26. The minimum absolute atomic E-state index is 0. The Balaban J connectivity index is 0.000000318. The first-order chi connectivity index (χ1) is 7.22. The molecule has 2 aliphatic carbocycles. The first-order valence-corrected chi connectivity index (χ1v) is 5.26. The summed E-state index contributed by atoms with van der Waals surface area (Å²) in [6.07, 6.45) is 18.5. The van der Waals surface area contributed by atoms with Crippen molar-refractivity contribution in [3.05, 3.63) is 60.9 Å². The maximum atomic E-state index is 2.20. The van der Waals surface area contributed by atoms with Crippen LogP contribution in [0.2, 0.25) is 0 Å². The monoisotopic (exact) mass is 257 g/mol. The van der Waals surface area contributed by atoms with E-state index in [1.807, 2.05) is 30.7 Å². The van der Waals surface area contributed by atoms with Crippen LogP contribution in [0.3, 0.4) is 0 Å². The van der Waals surface area contributed by atoms with Gasteiger partial charge in [-0.3, -0.25) is 0 Å². The van der Waals surface area contributed by atoms with Gasteiger partial charge in [-0.2, -0.15) is 0 Å². The molecule has 1 atom stereocenters. The number of allylic oxidation sites excluding steroid dienone is 7. The third-order valence-corrected chi connectivity index (χ3v) is 2.50. The van der Waals surface area contributed by atoms with Crippen LogP contribution in [0.25, 0.3) is 0 Å². The van der Waals surface area contributed by atoms with E-state index in [2.05, 4.69) is 50.6 Å². The Morgan fingerprint density at radius 2 is 1.56 bits per heavy atom. The average molecular weight is 257 g/mol. The van der Waals surface area contributed by atoms with Gasteiger partial charge in [0.05, 0.1) is 0 Å². The van der Waals surface area contributed by atoms with Crippen molar-refractivity contribution in [3.8, 4) is 0 Å². The molecule has 0 aliphatic heterocycles. The summed E-state index contributed by atoms with van der Waals surface area (Å²) in [5, 5.41) is 0. The Kier molecular flexibility index (Phi) is 8.27. The fraction of sp³-hybridized carbons (Fsp3) is 0.286. The molecule has 0 aromatic carbocycles. The van der Waals surface area contributed by atoms with Crippen LogP contribution in [-0.4, -0.2) is 25.0 Å². The molecule has 2 radical (unpaired) electrons. The van der Waals surface area contributed by atoms with E-state index in [1.54, 1.807) is 0 Å². The molecule has 0 bridgehead atoms. The molecule has 2 aliphatic rings. The zero-order valence-electron chi connectivity index (χ0n) is 10.1. The van der Waals surface area contributed by atoms with Gasteiger partial charge in [-0.15, -0.1) is 0 Å². The summed E-state index contributed by atoms with van der Waals surface area (Å²) in [4.78, 5) is 2.20. The minimum Gasteiger partial charge on any atom is -0.303 e. The molecular weight excluding hydrogens is 238 g/mol. The minimum atomic E-state index is 0. The van der Waals surface area contributed by atoms with Crippen LogP contribution < -0.4 is 0 Å². The van der Waals surface area contributed by atoms with Crippen molar-refractivity contribution in [3.63, 3.8) is 0 Å². The van der Waals surface area contributed by atoms with Crippen LogP contribution in [0.1, 0.15) is 6.92 Å². The average Bonchev–Trinajstić information content (AvgIpc) is 2.92. The normalized spacial score (nSPS) is 17.9. The van der Waals surface area contributed by atoms with Crippen molar-refractivity contribution in [2.75, 3.05) is 14.1 Å². The van der Waals surface area contributed by atoms with Crippen molar-refractivity contribution in [1.29, 1.82) is 0 Å². The molecule has 16 heavy (non-hydrogen) atoms. The number of likely N-dealkylation sites (N-methyl/N-ethyl adjacent to an activating group) is 1. The maximum Gasteiger partial charge on any atom is 2.00 e. The Labute approximate surface area is 110 Å². The largest absolute Gasteiger partial charge is 2.00 e. The van der Waals surface area contributed by atoms with Crippen LogP contribution in [-0.2, 0) is 17.1 Å². The molecule has 0 amide bonds. The van der Waals surface area contributed by atoms with Crippen molar-refractivity contribution in [1.82, 2.24) is 4.90 Å². The summed E-state index contributed by atoms with van der Waals surface area (Å²) in [5.74, 6) is 0. The SMILES string of the molecule is CC(C1=CC=C[CH]1)N(C)C.[CH]1C=CC=C1.[Fe+2]. The van der Waals surface area contributed by atoms with E-state index in [0.717, 1.165) is 0 Å². The van der Waals surface area contributed by atoms with Crippen molar-refractivity contribution >= 4 is 0 Å². The molecule has 0 aromatic rings. The third-order valence-electron chi connectivity index (χ3n) is 2.50. The smallest absolute Gasteiger partial charge is 0.303 e. The van der Waals surface area contributed by atoms with Gasteiger partial charge >= 0.3 is 17.1 Å².